The zero-order valence-corrected chi connectivity index (χ0v) is 6.78. The van der Waals surface area contributed by atoms with Crippen LogP contribution in [0.5, 0.6) is 0 Å². The minimum atomic E-state index is 1.10. The lowest BCUT2D eigenvalue weighted by atomic mass is 10.4. The maximum Gasteiger partial charge on any atom is 0.0910 e. The van der Waals surface area contributed by atoms with Crippen LogP contribution in [0.4, 0.5) is 0 Å². The van der Waals surface area contributed by atoms with Gasteiger partial charge in [0.25, 0.3) is 0 Å². The molecule has 2 aromatic rings. The molecule has 0 fully saturated rings. The fourth-order valence-corrected chi connectivity index (χ4v) is 2.08. The summed E-state index contributed by atoms with van der Waals surface area (Å²) >= 11 is 3.36. The Morgan fingerprint density at radius 1 is 1.40 bits per heavy atom. The molecule has 0 bridgehead atoms. The van der Waals surface area contributed by atoms with Crippen LogP contribution in [0, 0.1) is 0 Å². The minimum absolute atomic E-state index is 1.10. The summed E-state index contributed by atoms with van der Waals surface area (Å²) in [4.78, 5) is 5.44. The van der Waals surface area contributed by atoms with Crippen molar-refractivity contribution < 1.29 is 0 Å². The van der Waals surface area contributed by atoms with Crippen LogP contribution in [0.1, 0.15) is 0 Å². The van der Waals surface area contributed by atoms with Gasteiger partial charge in [0.05, 0.1) is 16.1 Å². The van der Waals surface area contributed by atoms with Gasteiger partial charge in [-0.1, -0.05) is 6.07 Å². The van der Waals surface area contributed by atoms with Gasteiger partial charge in [0, 0.05) is 5.38 Å². The first-order valence-corrected chi connectivity index (χ1v) is 4.71. The van der Waals surface area contributed by atoms with E-state index in [2.05, 4.69) is 21.8 Å². The Balaban J connectivity index is 2.48. The number of aromatic nitrogens is 1. The second-order valence-electron chi connectivity index (χ2n) is 1.85. The number of hydrogen-bond donors (Lipinski definition) is 0. The summed E-state index contributed by atoms with van der Waals surface area (Å²) in [5.41, 5.74) is 2.95. The maximum atomic E-state index is 4.19. The molecule has 0 aliphatic carbocycles. The second kappa shape index (κ2) is 2.52. The first-order chi connectivity index (χ1) is 4.97. The van der Waals surface area contributed by atoms with Crippen LogP contribution in [0.2, 0.25) is 0 Å². The summed E-state index contributed by atoms with van der Waals surface area (Å²) in [5.74, 6) is 0. The van der Waals surface area contributed by atoms with Gasteiger partial charge in [0.15, 0.2) is 0 Å². The van der Waals surface area contributed by atoms with Gasteiger partial charge in [-0.05, 0) is 11.4 Å². The highest BCUT2D eigenvalue weighted by Gasteiger charge is 1.97. The van der Waals surface area contributed by atoms with Crippen LogP contribution in [-0.2, 0) is 0 Å². The van der Waals surface area contributed by atoms with Gasteiger partial charge < -0.3 is 0 Å². The van der Waals surface area contributed by atoms with Gasteiger partial charge in [-0.3, -0.25) is 0 Å². The third kappa shape index (κ3) is 0.978. The van der Waals surface area contributed by atoms with Crippen molar-refractivity contribution in [1.29, 1.82) is 0 Å². The Labute approximate surface area is 67.0 Å². The van der Waals surface area contributed by atoms with Gasteiger partial charge in [0.1, 0.15) is 0 Å². The molecule has 0 saturated heterocycles. The summed E-state index contributed by atoms with van der Waals surface area (Å²) in [6, 6.07) is 4.12. The van der Waals surface area contributed by atoms with Crippen LogP contribution in [-0.4, -0.2) is 4.98 Å². The number of nitrogens with zero attached hydrogens (tertiary/aromatic N) is 1. The predicted molar refractivity (Wildman–Crippen MR) is 45.4 cm³/mol. The Morgan fingerprint density at radius 3 is 3.00 bits per heavy atom. The number of hydrogen-bond acceptors (Lipinski definition) is 3. The molecular formula is C7H5NS2. The third-order valence-electron chi connectivity index (χ3n) is 1.21. The largest absolute Gasteiger partial charge is 0.244 e. The van der Waals surface area contributed by atoms with Gasteiger partial charge >= 0.3 is 0 Å². The SMILES string of the molecule is c1csc(-c2cscn2)c1. The Hall–Kier alpha value is -0.670. The smallest absolute Gasteiger partial charge is 0.0910 e. The molecule has 2 rings (SSSR count). The van der Waals surface area contributed by atoms with E-state index in [0.29, 0.717) is 0 Å². The molecule has 0 unspecified atom stereocenters. The highest BCUT2D eigenvalue weighted by atomic mass is 32.1. The molecule has 0 amide bonds. The normalized spacial score (nSPS) is 10.0. The van der Waals surface area contributed by atoms with E-state index in [4.69, 9.17) is 0 Å². The molecule has 2 heterocycles. The molecule has 2 aromatic heterocycles. The summed E-state index contributed by atoms with van der Waals surface area (Å²) in [5, 5.41) is 4.13. The fraction of sp³-hybridized carbons (Fsp3) is 0. The fourth-order valence-electron chi connectivity index (χ4n) is 0.759. The van der Waals surface area contributed by atoms with Gasteiger partial charge in [-0.25, -0.2) is 4.98 Å². The molecule has 0 aliphatic rings. The summed E-state index contributed by atoms with van der Waals surface area (Å²) in [6.07, 6.45) is 0. The minimum Gasteiger partial charge on any atom is -0.244 e. The molecule has 3 heteroatoms. The molecule has 50 valence electrons. The van der Waals surface area contributed by atoms with Crippen LogP contribution >= 0.6 is 22.7 Å². The van der Waals surface area contributed by atoms with Crippen molar-refractivity contribution in [3.8, 4) is 10.6 Å². The third-order valence-corrected chi connectivity index (χ3v) is 2.68. The van der Waals surface area contributed by atoms with E-state index < -0.39 is 0 Å². The van der Waals surface area contributed by atoms with E-state index in [1.54, 1.807) is 22.7 Å². The Bertz CT molecular complexity index is 251. The predicted octanol–water partition coefficient (Wildman–Crippen LogP) is 2.87. The van der Waals surface area contributed by atoms with Crippen molar-refractivity contribution in [2.24, 2.45) is 0 Å². The molecule has 0 radical (unpaired) electrons. The lowest BCUT2D eigenvalue weighted by Crippen LogP contribution is -1.65. The first kappa shape index (κ1) is 6.07. The van der Waals surface area contributed by atoms with Crippen molar-refractivity contribution in [3.05, 3.63) is 28.4 Å². The highest BCUT2D eigenvalue weighted by Crippen LogP contribution is 2.23. The van der Waals surface area contributed by atoms with Crippen LogP contribution in [0.15, 0.2) is 28.4 Å². The highest BCUT2D eigenvalue weighted by molar-refractivity contribution is 7.14. The van der Waals surface area contributed by atoms with Crippen molar-refractivity contribution in [1.82, 2.24) is 4.98 Å². The van der Waals surface area contributed by atoms with E-state index in [1.807, 2.05) is 11.6 Å². The van der Waals surface area contributed by atoms with Gasteiger partial charge in [-0.15, -0.1) is 22.7 Å². The van der Waals surface area contributed by atoms with E-state index in [-0.39, 0.29) is 0 Å². The molecule has 10 heavy (non-hydrogen) atoms. The topological polar surface area (TPSA) is 12.9 Å². The van der Waals surface area contributed by atoms with Crippen molar-refractivity contribution in [3.63, 3.8) is 0 Å². The average Bonchev–Trinajstić information content (AvgIpc) is 2.59. The second-order valence-corrected chi connectivity index (χ2v) is 3.52. The van der Waals surface area contributed by atoms with E-state index in [1.165, 1.54) is 4.88 Å². The van der Waals surface area contributed by atoms with E-state index in [0.717, 1.165) is 5.69 Å². The maximum absolute atomic E-state index is 4.19. The summed E-state index contributed by atoms with van der Waals surface area (Å²) in [6.45, 7) is 0. The van der Waals surface area contributed by atoms with Crippen molar-refractivity contribution in [2.45, 2.75) is 0 Å². The van der Waals surface area contributed by atoms with Crippen molar-refractivity contribution in [2.75, 3.05) is 0 Å². The van der Waals surface area contributed by atoms with Gasteiger partial charge in [-0.2, -0.15) is 0 Å². The van der Waals surface area contributed by atoms with Crippen LogP contribution in [0.3, 0.4) is 0 Å². The van der Waals surface area contributed by atoms with Gasteiger partial charge in [0.2, 0.25) is 0 Å². The standard InChI is InChI=1S/C7H5NS2/c1-2-7(10-3-1)6-4-9-5-8-6/h1-5H. The monoisotopic (exact) mass is 167 g/mol. The number of thiophene rings is 1. The molecule has 0 aromatic carbocycles. The Morgan fingerprint density at radius 2 is 2.40 bits per heavy atom. The van der Waals surface area contributed by atoms with E-state index in [9.17, 15) is 0 Å². The van der Waals surface area contributed by atoms with Crippen LogP contribution < -0.4 is 0 Å². The zero-order chi connectivity index (χ0) is 6.81. The molecule has 0 N–H and O–H groups in total. The quantitative estimate of drug-likeness (QED) is 0.636. The lowest BCUT2D eigenvalue weighted by Gasteiger charge is -1.83. The Kier molecular flexibility index (Phi) is 1.53. The zero-order valence-electron chi connectivity index (χ0n) is 5.15. The van der Waals surface area contributed by atoms with Crippen LogP contribution in [0.25, 0.3) is 10.6 Å². The molecule has 0 atom stereocenters. The first-order valence-electron chi connectivity index (χ1n) is 2.89. The molecule has 1 nitrogen and oxygen atoms in total. The van der Waals surface area contributed by atoms with E-state index >= 15 is 0 Å². The van der Waals surface area contributed by atoms with Crippen molar-refractivity contribution >= 4 is 22.7 Å². The molecular weight excluding hydrogens is 162 g/mol. The molecule has 0 aliphatic heterocycles. The number of rotatable bonds is 1. The number of thiazole rings is 1. The summed E-state index contributed by atoms with van der Waals surface area (Å²) < 4.78 is 0. The lowest BCUT2D eigenvalue weighted by molar-refractivity contribution is 1.43. The average molecular weight is 167 g/mol. The molecule has 0 spiro atoms. The summed E-state index contributed by atoms with van der Waals surface area (Å²) in [7, 11) is 0. The molecule has 0 saturated carbocycles.